The largest absolute Gasteiger partial charge is 0.307 e. The molecule has 2 aromatic rings. The lowest BCUT2D eigenvalue weighted by molar-refractivity contribution is -0.107. The molecule has 0 spiro atoms. The van der Waals surface area contributed by atoms with Crippen molar-refractivity contribution in [3.05, 3.63) is 48.0 Å². The van der Waals surface area contributed by atoms with Crippen LogP contribution < -0.4 is 0 Å². The Hall–Kier alpha value is -1.96. The molecular weight excluding hydrogens is 200 g/mol. The molecule has 0 bridgehead atoms. The molecule has 0 aromatic heterocycles. The average molecular weight is 214 g/mol. The predicted molar refractivity (Wildman–Crippen MR) is 65.5 cm³/mol. The molecule has 0 saturated carbocycles. The number of hydrogen-bond donors (Lipinski definition) is 0. The van der Waals surface area contributed by atoms with Crippen molar-refractivity contribution in [2.24, 2.45) is 0 Å². The summed E-state index contributed by atoms with van der Waals surface area (Å²) in [6, 6.07) is 14.6. The normalized spacial score (nSPS) is 9.25. The monoisotopic (exact) mass is 214 g/mol. The summed E-state index contributed by atoms with van der Waals surface area (Å²) in [5.74, 6) is 0. The minimum atomic E-state index is 0.609. The number of carbonyl (C=O) groups is 2. The van der Waals surface area contributed by atoms with Crippen LogP contribution >= 0.6 is 0 Å². The zero-order valence-electron chi connectivity index (χ0n) is 9.06. The van der Waals surface area contributed by atoms with Crippen LogP contribution in [0.3, 0.4) is 0 Å². The molecular formula is C14H14O2. The minimum Gasteiger partial charge on any atom is -0.307 e. The molecule has 16 heavy (non-hydrogen) atoms. The van der Waals surface area contributed by atoms with E-state index in [0.29, 0.717) is 6.42 Å². The zero-order valence-corrected chi connectivity index (χ0v) is 9.06. The van der Waals surface area contributed by atoms with Crippen molar-refractivity contribution >= 4 is 23.8 Å². The molecule has 2 heteroatoms. The summed E-state index contributed by atoms with van der Waals surface area (Å²) in [4.78, 5) is 18.2. The van der Waals surface area contributed by atoms with Crippen LogP contribution in [0.4, 0.5) is 0 Å². The van der Waals surface area contributed by atoms with Crippen LogP contribution in [0.5, 0.6) is 0 Å². The van der Waals surface area contributed by atoms with E-state index in [0.717, 1.165) is 12.7 Å². The summed E-state index contributed by atoms with van der Waals surface area (Å²) in [6.45, 7) is 2.00. The Bertz CT molecular complexity index is 463. The maximum Gasteiger partial charge on any atom is 0.120 e. The maximum absolute atomic E-state index is 10.2. The Labute approximate surface area is 94.9 Å². The van der Waals surface area contributed by atoms with Gasteiger partial charge in [0.25, 0.3) is 0 Å². The standard InChI is InChI=1S/C13H12O.CH2O/c14-9-3-4-11-7-8-12-5-1-2-6-13(12)10-11;1-2/h1-2,5-10H,3-4H2;1H2. The van der Waals surface area contributed by atoms with Gasteiger partial charge in [-0.05, 0) is 22.8 Å². The summed E-state index contributed by atoms with van der Waals surface area (Å²) < 4.78 is 0. The lowest BCUT2D eigenvalue weighted by Crippen LogP contribution is -1.85. The fraction of sp³-hybridized carbons (Fsp3) is 0.143. The van der Waals surface area contributed by atoms with Crippen LogP contribution in [0.25, 0.3) is 10.8 Å². The smallest absolute Gasteiger partial charge is 0.120 e. The first-order chi connectivity index (χ1) is 7.90. The first kappa shape index (κ1) is 12.1. The molecule has 82 valence electrons. The second kappa shape index (κ2) is 6.51. The fourth-order valence-electron chi connectivity index (χ4n) is 1.62. The van der Waals surface area contributed by atoms with Crippen LogP contribution in [0.1, 0.15) is 12.0 Å². The number of carbonyl (C=O) groups excluding carboxylic acids is 2. The maximum atomic E-state index is 10.2. The topological polar surface area (TPSA) is 34.1 Å². The molecule has 2 aromatic carbocycles. The average Bonchev–Trinajstić information content (AvgIpc) is 2.38. The highest BCUT2D eigenvalue weighted by molar-refractivity contribution is 5.83. The zero-order chi connectivity index (χ0) is 11.8. The van der Waals surface area contributed by atoms with Gasteiger partial charge in [-0.2, -0.15) is 0 Å². The van der Waals surface area contributed by atoms with Gasteiger partial charge in [-0.3, -0.25) is 0 Å². The highest BCUT2D eigenvalue weighted by Gasteiger charge is 1.95. The van der Waals surface area contributed by atoms with Gasteiger partial charge in [0, 0.05) is 6.42 Å². The van der Waals surface area contributed by atoms with E-state index in [2.05, 4.69) is 30.3 Å². The SMILES string of the molecule is C=O.O=CCCc1ccc2ccccc2c1. The van der Waals surface area contributed by atoms with E-state index in [9.17, 15) is 4.79 Å². The van der Waals surface area contributed by atoms with Crippen LogP contribution in [0, 0.1) is 0 Å². The van der Waals surface area contributed by atoms with E-state index in [-0.39, 0.29) is 0 Å². The second-order valence-corrected chi connectivity index (χ2v) is 3.39. The number of fused-ring (bicyclic) bond motifs is 1. The van der Waals surface area contributed by atoms with E-state index in [4.69, 9.17) is 4.79 Å². The van der Waals surface area contributed by atoms with Gasteiger partial charge in [0.05, 0.1) is 0 Å². The van der Waals surface area contributed by atoms with Crippen molar-refractivity contribution in [2.45, 2.75) is 12.8 Å². The molecule has 0 unspecified atom stereocenters. The number of rotatable bonds is 3. The Morgan fingerprint density at radius 2 is 1.69 bits per heavy atom. The van der Waals surface area contributed by atoms with Crippen molar-refractivity contribution in [1.29, 1.82) is 0 Å². The lowest BCUT2D eigenvalue weighted by atomic mass is 10.0. The quantitative estimate of drug-likeness (QED) is 0.736. The molecule has 0 fully saturated rings. The number of aryl methyl sites for hydroxylation is 1. The molecule has 0 amide bonds. The third-order valence-electron chi connectivity index (χ3n) is 2.36. The predicted octanol–water partition coefficient (Wildman–Crippen LogP) is 2.79. The van der Waals surface area contributed by atoms with E-state index in [1.807, 2.05) is 18.9 Å². The van der Waals surface area contributed by atoms with E-state index >= 15 is 0 Å². The number of hydrogen-bond acceptors (Lipinski definition) is 2. The van der Waals surface area contributed by atoms with Crippen LogP contribution in [0.2, 0.25) is 0 Å². The molecule has 2 nitrogen and oxygen atoms in total. The number of aldehydes is 1. The Morgan fingerprint density at radius 3 is 2.38 bits per heavy atom. The molecule has 0 atom stereocenters. The summed E-state index contributed by atoms with van der Waals surface area (Å²) in [6.07, 6.45) is 2.42. The first-order valence-corrected chi connectivity index (χ1v) is 5.10. The van der Waals surface area contributed by atoms with Crippen molar-refractivity contribution in [1.82, 2.24) is 0 Å². The third kappa shape index (κ3) is 3.02. The Morgan fingerprint density at radius 1 is 1.00 bits per heavy atom. The van der Waals surface area contributed by atoms with Gasteiger partial charge in [-0.15, -0.1) is 0 Å². The number of benzene rings is 2. The van der Waals surface area contributed by atoms with Crippen molar-refractivity contribution in [3.63, 3.8) is 0 Å². The molecule has 0 N–H and O–H groups in total. The van der Waals surface area contributed by atoms with E-state index < -0.39 is 0 Å². The van der Waals surface area contributed by atoms with Gasteiger partial charge in [-0.25, -0.2) is 0 Å². The molecule has 2 rings (SSSR count). The Kier molecular flexibility index (Phi) is 4.93. The third-order valence-corrected chi connectivity index (χ3v) is 2.36. The van der Waals surface area contributed by atoms with Gasteiger partial charge < -0.3 is 9.59 Å². The van der Waals surface area contributed by atoms with Crippen molar-refractivity contribution < 1.29 is 9.59 Å². The van der Waals surface area contributed by atoms with Crippen LogP contribution in [-0.4, -0.2) is 13.1 Å². The molecule has 0 aliphatic heterocycles. The van der Waals surface area contributed by atoms with E-state index in [1.54, 1.807) is 0 Å². The van der Waals surface area contributed by atoms with Crippen LogP contribution in [-0.2, 0) is 16.0 Å². The summed E-state index contributed by atoms with van der Waals surface area (Å²) >= 11 is 0. The molecule has 0 aliphatic carbocycles. The Balaban J connectivity index is 0.000000606. The second-order valence-electron chi connectivity index (χ2n) is 3.39. The van der Waals surface area contributed by atoms with Gasteiger partial charge in [-0.1, -0.05) is 42.5 Å². The lowest BCUT2D eigenvalue weighted by Gasteiger charge is -2.01. The van der Waals surface area contributed by atoms with Crippen molar-refractivity contribution in [3.8, 4) is 0 Å². The van der Waals surface area contributed by atoms with E-state index in [1.165, 1.54) is 16.3 Å². The fourth-order valence-corrected chi connectivity index (χ4v) is 1.62. The molecule has 0 saturated heterocycles. The van der Waals surface area contributed by atoms with Gasteiger partial charge in [0.1, 0.15) is 13.1 Å². The highest BCUT2D eigenvalue weighted by Crippen LogP contribution is 2.16. The van der Waals surface area contributed by atoms with Crippen LogP contribution in [0.15, 0.2) is 42.5 Å². The van der Waals surface area contributed by atoms with Crippen molar-refractivity contribution in [2.75, 3.05) is 0 Å². The molecule has 0 heterocycles. The highest BCUT2D eigenvalue weighted by atomic mass is 16.1. The molecule has 0 aliphatic rings. The summed E-state index contributed by atoms with van der Waals surface area (Å²) in [5.41, 5.74) is 1.23. The first-order valence-electron chi connectivity index (χ1n) is 5.10. The van der Waals surface area contributed by atoms with Gasteiger partial charge >= 0.3 is 0 Å². The molecule has 0 radical (unpaired) electrons. The summed E-state index contributed by atoms with van der Waals surface area (Å²) in [5, 5.41) is 2.50. The van der Waals surface area contributed by atoms with Gasteiger partial charge in [0.2, 0.25) is 0 Å². The van der Waals surface area contributed by atoms with Gasteiger partial charge in [0.15, 0.2) is 0 Å². The minimum absolute atomic E-state index is 0.609. The summed E-state index contributed by atoms with van der Waals surface area (Å²) in [7, 11) is 0.